The number of hydrogen-bond donors (Lipinski definition) is 2. The van der Waals surface area contributed by atoms with Crippen molar-refractivity contribution >= 4 is 5.97 Å². The minimum atomic E-state index is -0.861. The van der Waals surface area contributed by atoms with E-state index in [-0.39, 0.29) is 11.5 Å². The van der Waals surface area contributed by atoms with Crippen molar-refractivity contribution in [3.63, 3.8) is 0 Å². The number of carboxylic acids is 1. The van der Waals surface area contributed by atoms with Crippen LogP contribution in [0.3, 0.4) is 0 Å². The summed E-state index contributed by atoms with van der Waals surface area (Å²) in [5.41, 5.74) is 3.36. The highest BCUT2D eigenvalue weighted by Gasteiger charge is 2.32. The maximum absolute atomic E-state index is 12.0. The van der Waals surface area contributed by atoms with E-state index in [1.807, 2.05) is 74.5 Å². The van der Waals surface area contributed by atoms with Gasteiger partial charge in [-0.1, -0.05) is 41.5 Å². The highest BCUT2D eigenvalue weighted by atomic mass is 16.5. The number of ether oxygens (including phenoxy) is 2. The molecule has 0 saturated heterocycles. The van der Waals surface area contributed by atoms with Crippen molar-refractivity contribution in [1.82, 2.24) is 5.32 Å². The third-order valence-electron chi connectivity index (χ3n) is 6.43. The number of hydrogen-bond acceptors (Lipinski definition) is 4. The zero-order valence-electron chi connectivity index (χ0n) is 23.2. The molecule has 0 aliphatic rings. The molecule has 5 nitrogen and oxygen atoms in total. The normalized spacial score (nSPS) is 12.7. The topological polar surface area (TPSA) is 67.8 Å². The van der Waals surface area contributed by atoms with Gasteiger partial charge in [-0.25, -0.2) is 0 Å². The van der Waals surface area contributed by atoms with E-state index < -0.39 is 11.4 Å². The summed E-state index contributed by atoms with van der Waals surface area (Å²) in [6.07, 6.45) is 0.502. The molecule has 1 unspecified atom stereocenters. The van der Waals surface area contributed by atoms with Gasteiger partial charge in [-0.05, 0) is 103 Å². The second kappa shape index (κ2) is 11.8. The van der Waals surface area contributed by atoms with E-state index in [2.05, 4.69) is 32.2 Å². The van der Waals surface area contributed by atoms with E-state index in [4.69, 9.17) is 9.47 Å². The Morgan fingerprint density at radius 1 is 0.865 bits per heavy atom. The van der Waals surface area contributed by atoms with Crippen molar-refractivity contribution in [2.45, 2.75) is 73.0 Å². The van der Waals surface area contributed by atoms with Gasteiger partial charge >= 0.3 is 5.97 Å². The average Bonchev–Trinajstić information content (AvgIpc) is 2.83. The lowest BCUT2D eigenvalue weighted by Gasteiger charge is -2.30. The molecule has 0 bridgehead atoms. The molecule has 0 heterocycles. The van der Waals surface area contributed by atoms with Crippen LogP contribution in [-0.4, -0.2) is 23.2 Å². The predicted molar refractivity (Wildman–Crippen MR) is 150 cm³/mol. The van der Waals surface area contributed by atoms with E-state index in [9.17, 15) is 9.90 Å². The smallest absolute Gasteiger partial charge is 0.309 e. The number of carboxylic acid groups (broad SMARTS) is 1. The van der Waals surface area contributed by atoms with Gasteiger partial charge in [-0.2, -0.15) is 0 Å². The molecule has 3 aromatic rings. The summed E-state index contributed by atoms with van der Waals surface area (Å²) >= 11 is 0. The Bertz CT molecular complexity index is 1170. The Balaban J connectivity index is 1.95. The van der Waals surface area contributed by atoms with Crippen LogP contribution < -0.4 is 14.8 Å². The van der Waals surface area contributed by atoms with Crippen LogP contribution >= 0.6 is 0 Å². The molecule has 5 heteroatoms. The Labute approximate surface area is 221 Å². The van der Waals surface area contributed by atoms with E-state index in [0.29, 0.717) is 19.6 Å². The lowest BCUT2D eigenvalue weighted by Crippen LogP contribution is -2.40. The Hall–Kier alpha value is -3.31. The molecule has 0 aromatic heterocycles. The fourth-order valence-corrected chi connectivity index (χ4v) is 4.04. The summed E-state index contributed by atoms with van der Waals surface area (Å²) in [5.74, 6) is 1.47. The van der Waals surface area contributed by atoms with Crippen LogP contribution in [0.15, 0.2) is 66.7 Å². The number of rotatable bonds is 11. The number of aliphatic carboxylic acids is 1. The molecule has 1 atom stereocenters. The summed E-state index contributed by atoms with van der Waals surface area (Å²) in [6.45, 7) is 15.0. The number of aryl methyl sites for hydroxylation is 2. The van der Waals surface area contributed by atoms with Gasteiger partial charge in [-0.3, -0.25) is 4.79 Å². The number of nitrogens with one attached hydrogen (secondary N) is 1. The summed E-state index contributed by atoms with van der Waals surface area (Å²) in [5, 5.41) is 13.4. The van der Waals surface area contributed by atoms with E-state index in [0.717, 1.165) is 28.4 Å². The third kappa shape index (κ3) is 8.64. The van der Waals surface area contributed by atoms with Gasteiger partial charge in [0.1, 0.15) is 23.9 Å². The van der Waals surface area contributed by atoms with Crippen LogP contribution in [0, 0.1) is 19.3 Å². The molecule has 198 valence electrons. The molecular formula is C32H41NO4. The molecule has 0 amide bonds. The Morgan fingerprint density at radius 2 is 1.43 bits per heavy atom. The van der Waals surface area contributed by atoms with Gasteiger partial charge in [0.05, 0.1) is 5.41 Å². The first-order chi connectivity index (χ1) is 17.3. The molecule has 0 spiro atoms. The van der Waals surface area contributed by atoms with Gasteiger partial charge in [0, 0.05) is 17.6 Å². The highest BCUT2D eigenvalue weighted by molar-refractivity contribution is 5.73. The third-order valence-corrected chi connectivity index (χ3v) is 6.43. The highest BCUT2D eigenvalue weighted by Crippen LogP contribution is 2.35. The monoisotopic (exact) mass is 503 g/mol. The molecule has 3 aromatic carbocycles. The van der Waals surface area contributed by atoms with Gasteiger partial charge in [-0.15, -0.1) is 0 Å². The maximum Gasteiger partial charge on any atom is 0.309 e. The molecule has 3 rings (SSSR count). The summed E-state index contributed by atoms with van der Waals surface area (Å²) in [7, 11) is 0. The molecule has 0 aliphatic heterocycles. The van der Waals surface area contributed by atoms with E-state index in [1.54, 1.807) is 13.8 Å². The van der Waals surface area contributed by atoms with Crippen LogP contribution in [0.25, 0.3) is 0 Å². The number of benzene rings is 3. The first kappa shape index (κ1) is 28.3. The summed E-state index contributed by atoms with van der Waals surface area (Å²) in [6, 6.07) is 22.1. The predicted octanol–water partition coefficient (Wildman–Crippen LogP) is 7.65. The van der Waals surface area contributed by atoms with Crippen molar-refractivity contribution in [1.29, 1.82) is 0 Å². The lowest BCUT2D eigenvalue weighted by molar-refractivity contribution is -0.147. The molecule has 2 N–H and O–H groups in total. The summed E-state index contributed by atoms with van der Waals surface area (Å²) < 4.78 is 12.4. The standard InChI is InChI=1S/C32H41NO4/c1-22-8-13-27(14-9-22)36-21-25-18-24(12-17-29(25)37-28-15-10-23(2)11-16-28)26(20-33-31(3,4)5)19-32(6,7)30(34)35/h8-18,26,33H,19-21H2,1-7H3,(H,34,35). The summed E-state index contributed by atoms with van der Waals surface area (Å²) in [4.78, 5) is 12.0. The number of carbonyl (C=O) groups is 1. The van der Waals surface area contributed by atoms with E-state index >= 15 is 0 Å². The van der Waals surface area contributed by atoms with Gasteiger partial charge in [0.2, 0.25) is 0 Å². The first-order valence-electron chi connectivity index (χ1n) is 12.9. The van der Waals surface area contributed by atoms with Crippen molar-refractivity contribution in [2.75, 3.05) is 6.54 Å². The Morgan fingerprint density at radius 3 is 1.97 bits per heavy atom. The second-order valence-corrected chi connectivity index (χ2v) is 11.6. The fraction of sp³-hybridized carbons (Fsp3) is 0.406. The minimum Gasteiger partial charge on any atom is -0.489 e. The molecule has 0 aliphatic carbocycles. The van der Waals surface area contributed by atoms with Crippen molar-refractivity contribution in [3.05, 3.63) is 89.0 Å². The zero-order valence-corrected chi connectivity index (χ0v) is 23.2. The van der Waals surface area contributed by atoms with Crippen LogP contribution in [0.1, 0.15) is 69.2 Å². The van der Waals surface area contributed by atoms with Crippen molar-refractivity contribution in [2.24, 2.45) is 5.41 Å². The molecule has 37 heavy (non-hydrogen) atoms. The molecule has 0 saturated carbocycles. The Kier molecular flexibility index (Phi) is 9.03. The van der Waals surface area contributed by atoms with Crippen molar-refractivity contribution in [3.8, 4) is 17.2 Å². The van der Waals surface area contributed by atoms with Gasteiger partial charge < -0.3 is 19.9 Å². The SMILES string of the molecule is Cc1ccc(OCc2cc(C(CNC(C)(C)C)CC(C)(C)C(=O)O)ccc2Oc2ccc(C)cc2)cc1. The van der Waals surface area contributed by atoms with Crippen LogP contribution in [0.4, 0.5) is 0 Å². The lowest BCUT2D eigenvalue weighted by atomic mass is 9.79. The molecular weight excluding hydrogens is 462 g/mol. The van der Waals surface area contributed by atoms with Crippen LogP contribution in [0.2, 0.25) is 0 Å². The van der Waals surface area contributed by atoms with Gasteiger partial charge in [0.15, 0.2) is 0 Å². The van der Waals surface area contributed by atoms with Crippen LogP contribution in [0.5, 0.6) is 17.2 Å². The molecule has 0 fully saturated rings. The fourth-order valence-electron chi connectivity index (χ4n) is 4.04. The van der Waals surface area contributed by atoms with E-state index in [1.165, 1.54) is 11.1 Å². The first-order valence-corrected chi connectivity index (χ1v) is 12.9. The minimum absolute atomic E-state index is 0.00289. The average molecular weight is 504 g/mol. The maximum atomic E-state index is 12.0. The van der Waals surface area contributed by atoms with Crippen molar-refractivity contribution < 1.29 is 19.4 Å². The zero-order chi connectivity index (χ0) is 27.2. The quantitative estimate of drug-likeness (QED) is 0.281. The molecule has 0 radical (unpaired) electrons. The van der Waals surface area contributed by atoms with Gasteiger partial charge in [0.25, 0.3) is 0 Å². The van der Waals surface area contributed by atoms with Crippen LogP contribution in [-0.2, 0) is 11.4 Å². The second-order valence-electron chi connectivity index (χ2n) is 11.6. The largest absolute Gasteiger partial charge is 0.489 e.